The van der Waals surface area contributed by atoms with Crippen LogP contribution in [0, 0.1) is 5.82 Å². The van der Waals surface area contributed by atoms with E-state index in [1.807, 2.05) is 25.1 Å². The van der Waals surface area contributed by atoms with Crippen LogP contribution in [0.5, 0.6) is 5.75 Å². The zero-order valence-electron chi connectivity index (χ0n) is 20.4. The van der Waals surface area contributed by atoms with Crippen molar-refractivity contribution < 1.29 is 9.50 Å². The van der Waals surface area contributed by atoms with E-state index < -0.39 is 5.82 Å². The van der Waals surface area contributed by atoms with Gasteiger partial charge in [0.1, 0.15) is 5.69 Å². The molecule has 0 aliphatic carbocycles. The van der Waals surface area contributed by atoms with Gasteiger partial charge in [-0.3, -0.25) is 14.9 Å². The molecule has 2 aromatic heterocycles. The van der Waals surface area contributed by atoms with E-state index in [0.717, 1.165) is 77.4 Å². The lowest BCUT2D eigenvalue weighted by Crippen LogP contribution is -2.61. The minimum absolute atomic E-state index is 0.314. The first-order valence-electron chi connectivity index (χ1n) is 12.5. The fourth-order valence-corrected chi connectivity index (χ4v) is 5.41. The molecule has 0 spiro atoms. The van der Waals surface area contributed by atoms with Crippen molar-refractivity contribution in [3.63, 3.8) is 0 Å². The minimum Gasteiger partial charge on any atom is -0.505 e. The summed E-state index contributed by atoms with van der Waals surface area (Å²) in [6.45, 7) is 10.7. The zero-order valence-corrected chi connectivity index (χ0v) is 20.4. The average Bonchev–Trinajstić information content (AvgIpc) is 3.42. The second-order valence-electron chi connectivity index (χ2n) is 10.1. The molecule has 7 nitrogen and oxygen atoms in total. The first-order valence-corrected chi connectivity index (χ1v) is 12.5. The molecule has 35 heavy (non-hydrogen) atoms. The summed E-state index contributed by atoms with van der Waals surface area (Å²) in [6, 6.07) is 10.1. The number of nitrogens with zero attached hydrogens (tertiary/aromatic N) is 4. The summed E-state index contributed by atoms with van der Waals surface area (Å²) in [6.07, 6.45) is 1.64. The third-order valence-corrected chi connectivity index (χ3v) is 7.65. The maximum atomic E-state index is 14.1. The standard InChI is InChI=1S/C27H31FN6O/c1-4-16-10-25(35)21(28)11-20(16)17-5-6-19-23(9-17)31-32-26(19)27-29-22-7-8-33(14-24(22)30-27)18-12-34(13-18)15(2)3/h5-6,9-11,15,18,35H,4,7-8,12-14H2,1-3H3,(H,29,30)(H,31,32). The third kappa shape index (κ3) is 3.81. The number of aromatic amines is 2. The van der Waals surface area contributed by atoms with Crippen LogP contribution >= 0.6 is 0 Å². The summed E-state index contributed by atoms with van der Waals surface area (Å²) in [5.41, 5.74) is 6.55. The third-order valence-electron chi connectivity index (χ3n) is 7.65. The van der Waals surface area contributed by atoms with Gasteiger partial charge in [0.15, 0.2) is 17.4 Å². The number of aromatic nitrogens is 4. The molecule has 4 heterocycles. The van der Waals surface area contributed by atoms with Crippen LogP contribution in [0.3, 0.4) is 0 Å². The Kier molecular flexibility index (Phi) is 5.38. The smallest absolute Gasteiger partial charge is 0.165 e. The Balaban J connectivity index is 1.27. The number of phenolic OH excluding ortho intramolecular Hbond substituents is 1. The molecule has 4 aromatic rings. The summed E-state index contributed by atoms with van der Waals surface area (Å²) in [5.74, 6) is -0.139. The topological polar surface area (TPSA) is 84.1 Å². The Morgan fingerprint density at radius 2 is 2.03 bits per heavy atom. The number of rotatable bonds is 5. The lowest BCUT2D eigenvalue weighted by molar-refractivity contribution is 0.00641. The normalized spacial score (nSPS) is 17.3. The van der Waals surface area contributed by atoms with E-state index in [4.69, 9.17) is 4.98 Å². The van der Waals surface area contributed by atoms with Crippen molar-refractivity contribution in [2.45, 2.75) is 52.2 Å². The Bertz CT molecular complexity index is 1400. The van der Waals surface area contributed by atoms with Gasteiger partial charge < -0.3 is 10.1 Å². The van der Waals surface area contributed by atoms with Crippen LogP contribution in [0.1, 0.15) is 37.7 Å². The van der Waals surface area contributed by atoms with Gasteiger partial charge in [0.2, 0.25) is 0 Å². The molecule has 0 radical (unpaired) electrons. The Morgan fingerprint density at radius 1 is 1.20 bits per heavy atom. The number of fused-ring (bicyclic) bond motifs is 2. The van der Waals surface area contributed by atoms with Gasteiger partial charge in [-0.1, -0.05) is 13.0 Å². The van der Waals surface area contributed by atoms with Gasteiger partial charge in [-0.2, -0.15) is 5.10 Å². The largest absolute Gasteiger partial charge is 0.505 e. The van der Waals surface area contributed by atoms with E-state index in [1.54, 1.807) is 0 Å². The van der Waals surface area contributed by atoms with Crippen molar-refractivity contribution in [1.29, 1.82) is 0 Å². The Morgan fingerprint density at radius 3 is 2.80 bits per heavy atom. The quantitative estimate of drug-likeness (QED) is 0.397. The number of benzene rings is 2. The summed E-state index contributed by atoms with van der Waals surface area (Å²) in [5, 5.41) is 18.4. The highest BCUT2D eigenvalue weighted by atomic mass is 19.1. The first kappa shape index (κ1) is 22.2. The van der Waals surface area contributed by atoms with Crippen LogP contribution in [0.15, 0.2) is 30.3 Å². The van der Waals surface area contributed by atoms with Gasteiger partial charge in [-0.05, 0) is 61.2 Å². The number of H-pyrrole nitrogens is 2. The molecular formula is C27H31FN6O. The van der Waals surface area contributed by atoms with Crippen LogP contribution in [0.4, 0.5) is 4.39 Å². The summed E-state index contributed by atoms with van der Waals surface area (Å²) < 4.78 is 14.1. The molecule has 2 aliphatic rings. The molecule has 8 heteroatoms. The van der Waals surface area contributed by atoms with Crippen molar-refractivity contribution in [2.75, 3.05) is 19.6 Å². The number of imidazole rings is 1. The second-order valence-corrected chi connectivity index (χ2v) is 10.1. The van der Waals surface area contributed by atoms with E-state index in [0.29, 0.717) is 18.5 Å². The van der Waals surface area contributed by atoms with Gasteiger partial charge in [0, 0.05) is 50.1 Å². The Hall–Kier alpha value is -3.23. The van der Waals surface area contributed by atoms with Gasteiger partial charge in [-0.15, -0.1) is 0 Å². The average molecular weight is 475 g/mol. The monoisotopic (exact) mass is 474 g/mol. The molecule has 0 saturated carbocycles. The highest BCUT2D eigenvalue weighted by Crippen LogP contribution is 2.34. The predicted molar refractivity (Wildman–Crippen MR) is 135 cm³/mol. The van der Waals surface area contributed by atoms with Crippen LogP contribution in [0.25, 0.3) is 33.5 Å². The number of halogens is 1. The van der Waals surface area contributed by atoms with Crippen LogP contribution < -0.4 is 0 Å². The van der Waals surface area contributed by atoms with E-state index in [9.17, 15) is 9.50 Å². The SMILES string of the molecule is CCc1cc(O)c(F)cc1-c1ccc2c(-c3nc4c([nH]3)CN(C3CN(C(C)C)C3)CC4)n[nH]c2c1. The summed E-state index contributed by atoms with van der Waals surface area (Å²) >= 11 is 0. The number of likely N-dealkylation sites (tertiary alicyclic amines) is 1. The van der Waals surface area contributed by atoms with E-state index in [-0.39, 0.29) is 5.75 Å². The number of phenols is 1. The number of aryl methyl sites for hydroxylation is 1. The van der Waals surface area contributed by atoms with E-state index in [2.05, 4.69) is 38.8 Å². The molecule has 1 saturated heterocycles. The molecule has 0 unspecified atom stereocenters. The number of hydrogen-bond acceptors (Lipinski definition) is 5. The number of nitrogens with one attached hydrogen (secondary N) is 2. The second kappa shape index (κ2) is 8.46. The van der Waals surface area contributed by atoms with Crippen molar-refractivity contribution in [3.05, 3.63) is 53.1 Å². The van der Waals surface area contributed by atoms with E-state index >= 15 is 0 Å². The van der Waals surface area contributed by atoms with Gasteiger partial charge in [0.25, 0.3) is 0 Å². The molecule has 0 atom stereocenters. The molecule has 0 amide bonds. The summed E-state index contributed by atoms with van der Waals surface area (Å²) in [7, 11) is 0. The first-order chi connectivity index (χ1) is 16.9. The van der Waals surface area contributed by atoms with Crippen molar-refractivity contribution in [1.82, 2.24) is 30.0 Å². The fourth-order valence-electron chi connectivity index (χ4n) is 5.41. The molecule has 2 aromatic carbocycles. The van der Waals surface area contributed by atoms with E-state index in [1.165, 1.54) is 17.8 Å². The molecule has 3 N–H and O–H groups in total. The minimum atomic E-state index is -0.614. The molecule has 1 fully saturated rings. The predicted octanol–water partition coefficient (Wildman–Crippen LogP) is 4.48. The van der Waals surface area contributed by atoms with Gasteiger partial charge in [-0.25, -0.2) is 9.37 Å². The Labute approximate surface area is 204 Å². The molecule has 6 rings (SSSR count). The van der Waals surface area contributed by atoms with Crippen molar-refractivity contribution >= 4 is 10.9 Å². The van der Waals surface area contributed by atoms with Crippen LogP contribution in [-0.2, 0) is 19.4 Å². The molecular weight excluding hydrogens is 443 g/mol. The highest BCUT2D eigenvalue weighted by Gasteiger charge is 2.35. The lowest BCUT2D eigenvalue weighted by atomic mass is 9.96. The van der Waals surface area contributed by atoms with Crippen molar-refractivity contribution in [3.8, 4) is 28.4 Å². The summed E-state index contributed by atoms with van der Waals surface area (Å²) in [4.78, 5) is 13.5. The lowest BCUT2D eigenvalue weighted by Gasteiger charge is -2.48. The molecule has 2 aliphatic heterocycles. The highest BCUT2D eigenvalue weighted by molar-refractivity contribution is 5.94. The van der Waals surface area contributed by atoms with Crippen LogP contribution in [0.2, 0.25) is 0 Å². The molecule has 0 bridgehead atoms. The number of hydrogen-bond donors (Lipinski definition) is 3. The maximum Gasteiger partial charge on any atom is 0.165 e. The van der Waals surface area contributed by atoms with Crippen LogP contribution in [-0.4, -0.2) is 66.8 Å². The van der Waals surface area contributed by atoms with Gasteiger partial charge >= 0.3 is 0 Å². The maximum absolute atomic E-state index is 14.1. The molecule has 182 valence electrons. The fraction of sp³-hybridized carbons (Fsp3) is 0.407. The number of aromatic hydroxyl groups is 1. The zero-order chi connectivity index (χ0) is 24.3. The van der Waals surface area contributed by atoms with Gasteiger partial charge in [0.05, 0.1) is 16.9 Å². The van der Waals surface area contributed by atoms with Crippen molar-refractivity contribution in [2.24, 2.45) is 0 Å².